The van der Waals surface area contributed by atoms with Gasteiger partial charge in [0.1, 0.15) is 5.82 Å². The van der Waals surface area contributed by atoms with Crippen molar-refractivity contribution in [3.8, 4) is 11.1 Å². The lowest BCUT2D eigenvalue weighted by atomic mass is 9.77. The minimum absolute atomic E-state index is 0.117. The van der Waals surface area contributed by atoms with Crippen LogP contribution < -0.4 is 0 Å². The van der Waals surface area contributed by atoms with Crippen LogP contribution >= 0.6 is 0 Å². The SMILES string of the molecule is C=CCCc1ccc2c(F)c(-c3ccc(C4CCC(CC)CC4)cc3)ccc2c1. The van der Waals surface area contributed by atoms with E-state index in [4.69, 9.17) is 0 Å². The number of allylic oxidation sites excluding steroid dienone is 1. The molecule has 1 aliphatic rings. The summed E-state index contributed by atoms with van der Waals surface area (Å²) >= 11 is 0. The van der Waals surface area contributed by atoms with E-state index >= 15 is 4.39 Å². The monoisotopic (exact) mass is 386 g/mol. The summed E-state index contributed by atoms with van der Waals surface area (Å²) in [7, 11) is 0. The van der Waals surface area contributed by atoms with E-state index in [1.807, 2.05) is 30.3 Å². The van der Waals surface area contributed by atoms with Crippen LogP contribution in [-0.4, -0.2) is 0 Å². The molecule has 3 aromatic carbocycles. The maximum absolute atomic E-state index is 15.3. The molecule has 0 heterocycles. The quantitative estimate of drug-likeness (QED) is 0.373. The molecule has 1 aliphatic carbocycles. The number of benzene rings is 3. The summed E-state index contributed by atoms with van der Waals surface area (Å²) < 4.78 is 15.3. The number of fused-ring (bicyclic) bond motifs is 1. The standard InChI is InChI=1S/C28H31F/c1-3-5-6-21-9-17-27-25(19-21)16-18-26(28(27)29)24-14-12-23(13-15-24)22-10-7-20(4-2)8-11-22/h3,9,12-20,22H,1,4-8,10-11H2,2H3. The number of rotatable bonds is 6. The van der Waals surface area contributed by atoms with Gasteiger partial charge in [-0.05, 0) is 72.4 Å². The van der Waals surface area contributed by atoms with Crippen molar-refractivity contribution < 1.29 is 4.39 Å². The van der Waals surface area contributed by atoms with Crippen LogP contribution in [0.3, 0.4) is 0 Å². The van der Waals surface area contributed by atoms with E-state index in [2.05, 4.69) is 43.8 Å². The van der Waals surface area contributed by atoms with Crippen molar-refractivity contribution in [3.63, 3.8) is 0 Å². The summed E-state index contributed by atoms with van der Waals surface area (Å²) in [6, 6.07) is 18.7. The van der Waals surface area contributed by atoms with Gasteiger partial charge in [0.2, 0.25) is 0 Å². The maximum Gasteiger partial charge on any atom is 0.138 e. The van der Waals surface area contributed by atoms with Gasteiger partial charge >= 0.3 is 0 Å². The van der Waals surface area contributed by atoms with Gasteiger partial charge in [-0.15, -0.1) is 6.58 Å². The van der Waals surface area contributed by atoms with E-state index in [9.17, 15) is 0 Å². The Bertz CT molecular complexity index is 975. The Morgan fingerprint density at radius 2 is 1.72 bits per heavy atom. The smallest absolute Gasteiger partial charge is 0.138 e. The highest BCUT2D eigenvalue weighted by Gasteiger charge is 2.21. The fourth-order valence-electron chi connectivity index (χ4n) is 4.83. The van der Waals surface area contributed by atoms with Gasteiger partial charge in [0, 0.05) is 10.9 Å². The summed E-state index contributed by atoms with van der Waals surface area (Å²) in [5.41, 5.74) is 4.30. The molecule has 4 rings (SSSR count). The maximum atomic E-state index is 15.3. The van der Waals surface area contributed by atoms with Crippen molar-refractivity contribution in [2.45, 2.75) is 57.8 Å². The average molecular weight is 387 g/mol. The summed E-state index contributed by atoms with van der Waals surface area (Å²) in [5, 5.41) is 1.67. The molecule has 0 aliphatic heterocycles. The Balaban J connectivity index is 1.56. The topological polar surface area (TPSA) is 0 Å². The first-order chi connectivity index (χ1) is 14.2. The van der Waals surface area contributed by atoms with Gasteiger partial charge in [-0.1, -0.05) is 74.0 Å². The van der Waals surface area contributed by atoms with Crippen LogP contribution in [0.25, 0.3) is 21.9 Å². The minimum atomic E-state index is -0.117. The molecule has 0 radical (unpaired) electrons. The van der Waals surface area contributed by atoms with Crippen LogP contribution in [0.2, 0.25) is 0 Å². The van der Waals surface area contributed by atoms with Crippen molar-refractivity contribution in [2.24, 2.45) is 5.92 Å². The summed E-state index contributed by atoms with van der Waals surface area (Å²) in [6.45, 7) is 6.09. The zero-order chi connectivity index (χ0) is 20.2. The molecule has 29 heavy (non-hydrogen) atoms. The lowest BCUT2D eigenvalue weighted by Gasteiger charge is -2.28. The fraction of sp³-hybridized carbons (Fsp3) is 0.357. The molecular weight excluding hydrogens is 355 g/mol. The highest BCUT2D eigenvalue weighted by Crippen LogP contribution is 2.38. The van der Waals surface area contributed by atoms with E-state index in [1.54, 1.807) is 0 Å². The minimum Gasteiger partial charge on any atom is -0.206 e. The molecule has 0 nitrogen and oxygen atoms in total. The van der Waals surface area contributed by atoms with Crippen LogP contribution in [0.1, 0.15) is 62.5 Å². The third-order valence-electron chi connectivity index (χ3n) is 6.77. The number of hydrogen-bond donors (Lipinski definition) is 0. The Labute approximate surface area is 174 Å². The zero-order valence-corrected chi connectivity index (χ0v) is 17.5. The normalized spacial score (nSPS) is 19.4. The first-order valence-corrected chi connectivity index (χ1v) is 11.1. The molecule has 0 spiro atoms. The molecule has 0 amide bonds. The summed E-state index contributed by atoms with van der Waals surface area (Å²) in [6.07, 6.45) is 10.4. The van der Waals surface area contributed by atoms with E-state index in [-0.39, 0.29) is 5.82 Å². The van der Waals surface area contributed by atoms with Crippen molar-refractivity contribution in [1.82, 2.24) is 0 Å². The van der Waals surface area contributed by atoms with Gasteiger partial charge in [0.25, 0.3) is 0 Å². The lowest BCUT2D eigenvalue weighted by molar-refractivity contribution is 0.319. The van der Waals surface area contributed by atoms with Crippen LogP contribution in [0.4, 0.5) is 4.39 Å². The average Bonchev–Trinajstić information content (AvgIpc) is 2.78. The Morgan fingerprint density at radius 1 is 0.966 bits per heavy atom. The molecular formula is C28H31F. The first-order valence-electron chi connectivity index (χ1n) is 11.1. The fourth-order valence-corrected chi connectivity index (χ4v) is 4.83. The summed E-state index contributed by atoms with van der Waals surface area (Å²) in [4.78, 5) is 0. The van der Waals surface area contributed by atoms with Crippen molar-refractivity contribution >= 4 is 10.8 Å². The molecule has 150 valence electrons. The Hall–Kier alpha value is -2.41. The van der Waals surface area contributed by atoms with E-state index in [0.717, 1.165) is 29.7 Å². The molecule has 0 bridgehead atoms. The van der Waals surface area contributed by atoms with Gasteiger partial charge < -0.3 is 0 Å². The van der Waals surface area contributed by atoms with E-state index in [1.165, 1.54) is 43.2 Å². The van der Waals surface area contributed by atoms with E-state index in [0.29, 0.717) is 16.9 Å². The predicted octanol–water partition coefficient (Wildman–Crippen LogP) is 8.45. The molecule has 1 saturated carbocycles. The van der Waals surface area contributed by atoms with Crippen molar-refractivity contribution in [3.05, 3.63) is 84.2 Å². The molecule has 0 saturated heterocycles. The second-order valence-electron chi connectivity index (χ2n) is 8.56. The zero-order valence-electron chi connectivity index (χ0n) is 17.5. The van der Waals surface area contributed by atoms with E-state index < -0.39 is 0 Å². The van der Waals surface area contributed by atoms with Gasteiger partial charge in [0.15, 0.2) is 0 Å². The Morgan fingerprint density at radius 3 is 2.41 bits per heavy atom. The molecule has 0 N–H and O–H groups in total. The second-order valence-corrected chi connectivity index (χ2v) is 8.56. The largest absolute Gasteiger partial charge is 0.206 e. The second kappa shape index (κ2) is 8.95. The lowest BCUT2D eigenvalue weighted by Crippen LogP contribution is -2.12. The highest BCUT2D eigenvalue weighted by atomic mass is 19.1. The van der Waals surface area contributed by atoms with Gasteiger partial charge in [0.05, 0.1) is 0 Å². The number of aryl methyl sites for hydroxylation is 1. The van der Waals surface area contributed by atoms with Crippen LogP contribution in [-0.2, 0) is 6.42 Å². The van der Waals surface area contributed by atoms with Gasteiger partial charge in [-0.2, -0.15) is 0 Å². The molecule has 3 aromatic rings. The molecule has 0 atom stereocenters. The van der Waals surface area contributed by atoms with Crippen molar-refractivity contribution in [1.29, 1.82) is 0 Å². The predicted molar refractivity (Wildman–Crippen MR) is 123 cm³/mol. The number of halogens is 1. The first kappa shape index (κ1) is 19.9. The third kappa shape index (κ3) is 4.29. The molecule has 1 heteroatoms. The molecule has 0 aromatic heterocycles. The number of hydrogen-bond acceptors (Lipinski definition) is 0. The van der Waals surface area contributed by atoms with Crippen molar-refractivity contribution in [2.75, 3.05) is 0 Å². The van der Waals surface area contributed by atoms with Gasteiger partial charge in [-0.3, -0.25) is 0 Å². The summed E-state index contributed by atoms with van der Waals surface area (Å²) in [5.74, 6) is 1.46. The van der Waals surface area contributed by atoms with Gasteiger partial charge in [-0.25, -0.2) is 4.39 Å². The van der Waals surface area contributed by atoms with Crippen LogP contribution in [0, 0.1) is 11.7 Å². The molecule has 0 unspecified atom stereocenters. The molecule has 1 fully saturated rings. The van der Waals surface area contributed by atoms with Crippen LogP contribution in [0.15, 0.2) is 67.3 Å². The highest BCUT2D eigenvalue weighted by molar-refractivity contribution is 5.88. The Kier molecular flexibility index (Phi) is 6.13. The third-order valence-corrected chi connectivity index (χ3v) is 6.77. The van der Waals surface area contributed by atoms with Crippen LogP contribution in [0.5, 0.6) is 0 Å².